The maximum absolute atomic E-state index is 10.5. The van der Waals surface area contributed by atoms with Crippen molar-refractivity contribution >= 4 is 23.6 Å². The Labute approximate surface area is 110 Å². The zero-order valence-corrected chi connectivity index (χ0v) is 10.6. The van der Waals surface area contributed by atoms with Gasteiger partial charge in [-0.2, -0.15) is 0 Å². The summed E-state index contributed by atoms with van der Waals surface area (Å²) in [5, 5.41) is 0.562. The van der Waals surface area contributed by atoms with Crippen LogP contribution in [0.3, 0.4) is 0 Å². The van der Waals surface area contributed by atoms with E-state index in [4.69, 9.17) is 26.8 Å². The molecule has 1 atom stereocenters. The standard InChI is InChI=1S/C12H15ClN2O3/c13-9-1-2-11(10(14)7-9)18-12-8-15(3-5-16)4-6-17-12/h1-2,5,7,12H,3-4,6,8,14H2. The van der Waals surface area contributed by atoms with Crippen LogP contribution in [-0.4, -0.2) is 43.7 Å². The second-order valence-corrected chi connectivity index (χ2v) is 4.46. The molecule has 0 aromatic heterocycles. The fraction of sp³-hybridized carbons (Fsp3) is 0.417. The van der Waals surface area contributed by atoms with Crippen LogP contribution in [-0.2, 0) is 9.53 Å². The largest absolute Gasteiger partial charge is 0.461 e. The smallest absolute Gasteiger partial charge is 0.212 e. The van der Waals surface area contributed by atoms with E-state index in [1.807, 2.05) is 4.90 Å². The molecule has 1 unspecified atom stereocenters. The molecule has 1 aromatic rings. The summed E-state index contributed by atoms with van der Waals surface area (Å²) in [4.78, 5) is 12.4. The zero-order valence-electron chi connectivity index (χ0n) is 9.84. The van der Waals surface area contributed by atoms with Crippen LogP contribution in [0.15, 0.2) is 18.2 Å². The number of hydrogen-bond donors (Lipinski definition) is 1. The summed E-state index contributed by atoms with van der Waals surface area (Å²) < 4.78 is 11.1. The molecule has 6 heteroatoms. The molecule has 5 nitrogen and oxygen atoms in total. The summed E-state index contributed by atoms with van der Waals surface area (Å²) in [6, 6.07) is 5.04. The lowest BCUT2D eigenvalue weighted by Gasteiger charge is -2.31. The number of aldehydes is 1. The monoisotopic (exact) mass is 270 g/mol. The summed E-state index contributed by atoms with van der Waals surface area (Å²) >= 11 is 5.81. The van der Waals surface area contributed by atoms with Crippen molar-refractivity contribution in [3.8, 4) is 5.75 Å². The summed E-state index contributed by atoms with van der Waals surface area (Å²) in [6.07, 6.45) is 0.459. The fourth-order valence-corrected chi connectivity index (χ4v) is 1.96. The van der Waals surface area contributed by atoms with Crippen molar-refractivity contribution in [1.29, 1.82) is 0 Å². The van der Waals surface area contributed by atoms with E-state index in [1.165, 1.54) is 0 Å². The lowest BCUT2D eigenvalue weighted by atomic mass is 10.3. The third-order valence-electron chi connectivity index (χ3n) is 2.68. The molecular formula is C12H15ClN2O3. The third kappa shape index (κ3) is 3.35. The Bertz CT molecular complexity index is 428. The number of benzene rings is 1. The summed E-state index contributed by atoms with van der Waals surface area (Å²) in [5.74, 6) is 0.539. The van der Waals surface area contributed by atoms with Gasteiger partial charge >= 0.3 is 0 Å². The van der Waals surface area contributed by atoms with E-state index >= 15 is 0 Å². The molecule has 0 radical (unpaired) electrons. The molecule has 2 N–H and O–H groups in total. The molecule has 2 rings (SSSR count). The molecule has 0 aliphatic carbocycles. The van der Waals surface area contributed by atoms with E-state index in [1.54, 1.807) is 18.2 Å². The Morgan fingerprint density at radius 3 is 3.17 bits per heavy atom. The molecule has 0 amide bonds. The van der Waals surface area contributed by atoms with Gasteiger partial charge in [0.2, 0.25) is 6.29 Å². The average molecular weight is 271 g/mol. The van der Waals surface area contributed by atoms with Crippen LogP contribution in [0.2, 0.25) is 5.02 Å². The maximum atomic E-state index is 10.5. The van der Waals surface area contributed by atoms with E-state index in [-0.39, 0.29) is 0 Å². The predicted molar refractivity (Wildman–Crippen MR) is 68.7 cm³/mol. The van der Waals surface area contributed by atoms with Gasteiger partial charge in [0.05, 0.1) is 25.4 Å². The van der Waals surface area contributed by atoms with Gasteiger partial charge in [-0.05, 0) is 18.2 Å². The predicted octanol–water partition coefficient (Wildman–Crippen LogP) is 1.16. The molecule has 1 fully saturated rings. The van der Waals surface area contributed by atoms with Crippen LogP contribution in [0, 0.1) is 0 Å². The second kappa shape index (κ2) is 6.04. The highest BCUT2D eigenvalue weighted by Gasteiger charge is 2.22. The highest BCUT2D eigenvalue weighted by Crippen LogP contribution is 2.26. The number of morpholine rings is 1. The lowest BCUT2D eigenvalue weighted by molar-refractivity contribution is -0.133. The van der Waals surface area contributed by atoms with Crippen LogP contribution in [0.25, 0.3) is 0 Å². The van der Waals surface area contributed by atoms with E-state index in [0.29, 0.717) is 36.2 Å². The van der Waals surface area contributed by atoms with Crippen molar-refractivity contribution < 1.29 is 14.3 Å². The Morgan fingerprint density at radius 1 is 1.61 bits per heavy atom. The van der Waals surface area contributed by atoms with E-state index in [0.717, 1.165) is 12.8 Å². The molecule has 1 aliphatic heterocycles. The number of nitrogens with two attached hydrogens (primary N) is 1. The van der Waals surface area contributed by atoms with Gasteiger partial charge in [0, 0.05) is 11.6 Å². The van der Waals surface area contributed by atoms with Gasteiger partial charge in [-0.1, -0.05) is 11.6 Å². The second-order valence-electron chi connectivity index (χ2n) is 4.03. The Balaban J connectivity index is 1.98. The summed E-state index contributed by atoms with van der Waals surface area (Å²) in [5.41, 5.74) is 6.27. The van der Waals surface area contributed by atoms with Gasteiger partial charge < -0.3 is 20.0 Å². The molecule has 1 aromatic carbocycles. The summed E-state index contributed by atoms with van der Waals surface area (Å²) in [7, 11) is 0. The molecule has 1 saturated heterocycles. The van der Waals surface area contributed by atoms with Crippen molar-refractivity contribution in [2.75, 3.05) is 32.0 Å². The number of anilines is 1. The number of nitrogen functional groups attached to an aromatic ring is 1. The van der Waals surface area contributed by atoms with Crippen molar-refractivity contribution in [2.45, 2.75) is 6.29 Å². The quantitative estimate of drug-likeness (QED) is 0.657. The third-order valence-corrected chi connectivity index (χ3v) is 2.92. The van der Waals surface area contributed by atoms with Crippen LogP contribution in [0.1, 0.15) is 0 Å². The normalized spacial score (nSPS) is 20.6. The molecule has 0 bridgehead atoms. The van der Waals surface area contributed by atoms with Crippen LogP contribution >= 0.6 is 11.6 Å². The first-order chi connectivity index (χ1) is 8.69. The number of carbonyl (C=O) groups is 1. The minimum Gasteiger partial charge on any atom is -0.461 e. The van der Waals surface area contributed by atoms with Crippen LogP contribution < -0.4 is 10.5 Å². The van der Waals surface area contributed by atoms with Gasteiger partial charge in [-0.3, -0.25) is 4.90 Å². The number of hydrogen-bond acceptors (Lipinski definition) is 5. The zero-order chi connectivity index (χ0) is 13.0. The molecule has 0 saturated carbocycles. The van der Waals surface area contributed by atoms with Crippen molar-refractivity contribution in [2.24, 2.45) is 0 Å². The van der Waals surface area contributed by atoms with E-state index in [9.17, 15) is 4.79 Å². The maximum Gasteiger partial charge on any atom is 0.212 e. The summed E-state index contributed by atoms with van der Waals surface area (Å²) in [6.45, 7) is 2.20. The first-order valence-corrected chi connectivity index (χ1v) is 6.06. The number of ether oxygens (including phenoxy) is 2. The van der Waals surface area contributed by atoms with Crippen LogP contribution in [0.4, 0.5) is 5.69 Å². The molecule has 18 heavy (non-hydrogen) atoms. The number of rotatable bonds is 4. The average Bonchev–Trinajstić information content (AvgIpc) is 2.34. The minimum atomic E-state index is -0.415. The van der Waals surface area contributed by atoms with Crippen molar-refractivity contribution in [1.82, 2.24) is 4.90 Å². The molecule has 0 spiro atoms. The lowest BCUT2D eigenvalue weighted by Crippen LogP contribution is -2.45. The minimum absolute atomic E-state index is 0.388. The van der Waals surface area contributed by atoms with Gasteiger partial charge in [0.15, 0.2) is 0 Å². The van der Waals surface area contributed by atoms with Gasteiger partial charge in [0.25, 0.3) is 0 Å². The SMILES string of the molecule is Nc1cc(Cl)ccc1OC1CN(CC=O)CCO1. The Morgan fingerprint density at radius 2 is 2.44 bits per heavy atom. The van der Waals surface area contributed by atoms with E-state index < -0.39 is 6.29 Å². The highest BCUT2D eigenvalue weighted by molar-refractivity contribution is 6.30. The van der Waals surface area contributed by atoms with Gasteiger partial charge in [-0.15, -0.1) is 0 Å². The highest BCUT2D eigenvalue weighted by atomic mass is 35.5. The van der Waals surface area contributed by atoms with Crippen LogP contribution in [0.5, 0.6) is 5.75 Å². The first kappa shape index (κ1) is 13.1. The topological polar surface area (TPSA) is 64.8 Å². The molecule has 1 heterocycles. The van der Waals surface area contributed by atoms with E-state index in [2.05, 4.69) is 0 Å². The van der Waals surface area contributed by atoms with Crippen molar-refractivity contribution in [3.63, 3.8) is 0 Å². The Kier molecular flexibility index (Phi) is 4.41. The molecule has 1 aliphatic rings. The number of carbonyl (C=O) groups excluding carboxylic acids is 1. The van der Waals surface area contributed by atoms with Gasteiger partial charge in [-0.25, -0.2) is 0 Å². The van der Waals surface area contributed by atoms with Gasteiger partial charge in [0.1, 0.15) is 12.0 Å². The fourth-order valence-electron chi connectivity index (χ4n) is 1.78. The Hall–Kier alpha value is -1.30. The molecule has 98 valence electrons. The first-order valence-electron chi connectivity index (χ1n) is 5.68. The number of halogens is 1. The van der Waals surface area contributed by atoms with Crippen molar-refractivity contribution in [3.05, 3.63) is 23.2 Å². The number of nitrogens with zero attached hydrogens (tertiary/aromatic N) is 1. The molecular weight excluding hydrogens is 256 g/mol.